The van der Waals surface area contributed by atoms with Crippen molar-refractivity contribution in [2.24, 2.45) is 0 Å². The van der Waals surface area contributed by atoms with Crippen LogP contribution in [-0.2, 0) is 0 Å². The number of nitrogens with zero attached hydrogens (tertiary/aromatic N) is 7. The van der Waals surface area contributed by atoms with E-state index in [1.54, 1.807) is 19.1 Å². The Kier molecular flexibility index (Phi) is 6.96. The molecule has 12 nitrogen and oxygen atoms in total. The van der Waals surface area contributed by atoms with Crippen LogP contribution < -0.4 is 15.5 Å². The second-order valence-electron chi connectivity index (χ2n) is 7.48. The number of aryl methyl sites for hydroxylation is 2. The van der Waals surface area contributed by atoms with E-state index in [2.05, 4.69) is 40.7 Å². The van der Waals surface area contributed by atoms with Crippen LogP contribution in [0.25, 0.3) is 0 Å². The fourth-order valence-electron chi connectivity index (χ4n) is 3.40. The van der Waals surface area contributed by atoms with Gasteiger partial charge in [0.1, 0.15) is 5.82 Å². The number of benzene rings is 1. The predicted molar refractivity (Wildman–Crippen MR) is 122 cm³/mol. The summed E-state index contributed by atoms with van der Waals surface area (Å²) < 4.78 is 5.43. The topological polar surface area (TPSA) is 145 Å². The fraction of sp³-hybridized carbons (Fsp3) is 0.400. The largest absolute Gasteiger partial charge is 0.399 e. The van der Waals surface area contributed by atoms with Gasteiger partial charge in [-0.05, 0) is 25.5 Å². The molecule has 1 saturated heterocycles. The van der Waals surface area contributed by atoms with Gasteiger partial charge in [-0.15, -0.1) is 5.10 Å². The summed E-state index contributed by atoms with van der Waals surface area (Å²) in [6.07, 6.45) is 0. The molecule has 4 rings (SSSR count). The first kappa shape index (κ1) is 22.8. The van der Waals surface area contributed by atoms with Crippen LogP contribution in [0.15, 0.2) is 22.6 Å². The number of piperazine rings is 1. The van der Waals surface area contributed by atoms with Crippen LogP contribution in [0, 0.1) is 13.8 Å². The maximum atomic E-state index is 12.5. The summed E-state index contributed by atoms with van der Waals surface area (Å²) in [7, 11) is 0. The molecule has 33 heavy (non-hydrogen) atoms. The van der Waals surface area contributed by atoms with Crippen molar-refractivity contribution in [2.75, 3.05) is 54.9 Å². The summed E-state index contributed by atoms with van der Waals surface area (Å²) in [6, 6.07) is 5.27. The third kappa shape index (κ3) is 5.53. The van der Waals surface area contributed by atoms with E-state index in [9.17, 15) is 4.79 Å². The smallest absolute Gasteiger partial charge is 0.322 e. The molecule has 3 heterocycles. The quantitative estimate of drug-likeness (QED) is 0.460. The normalized spacial score (nSPS) is 14.4. The minimum Gasteiger partial charge on any atom is -0.399 e. The van der Waals surface area contributed by atoms with Crippen LogP contribution in [0.3, 0.4) is 0 Å². The van der Waals surface area contributed by atoms with Gasteiger partial charge in [-0.1, -0.05) is 28.8 Å². The van der Waals surface area contributed by atoms with Gasteiger partial charge in [0.2, 0.25) is 11.9 Å². The molecule has 1 aliphatic heterocycles. The number of rotatable bonds is 7. The number of hydrogen-bond acceptors (Lipinski definition) is 11. The first-order valence-corrected chi connectivity index (χ1v) is 10.8. The van der Waals surface area contributed by atoms with Crippen molar-refractivity contribution in [2.45, 2.75) is 13.8 Å². The van der Waals surface area contributed by atoms with Crippen molar-refractivity contribution < 1.29 is 14.3 Å². The monoisotopic (exact) mass is 473 g/mol. The van der Waals surface area contributed by atoms with Gasteiger partial charge in [0.05, 0.1) is 17.3 Å². The minimum atomic E-state index is -0.583. The Bertz CT molecular complexity index is 1110. The highest BCUT2D eigenvalue weighted by Crippen LogP contribution is 2.26. The summed E-state index contributed by atoms with van der Waals surface area (Å²) in [4.78, 5) is 29.9. The summed E-state index contributed by atoms with van der Waals surface area (Å²) in [5, 5.41) is 22.7. The molecule has 174 valence electrons. The zero-order chi connectivity index (χ0) is 23.4. The Labute approximate surface area is 195 Å². The zero-order valence-corrected chi connectivity index (χ0v) is 19.0. The molecule has 1 aromatic carbocycles. The summed E-state index contributed by atoms with van der Waals surface area (Å²) >= 11 is 6.16. The van der Waals surface area contributed by atoms with Gasteiger partial charge in [-0.3, -0.25) is 15.0 Å². The number of nitrogens with one attached hydrogen (secondary N) is 2. The lowest BCUT2D eigenvalue weighted by molar-refractivity contribution is 0.0991. The third-order valence-electron chi connectivity index (χ3n) is 5.11. The van der Waals surface area contributed by atoms with Gasteiger partial charge in [0.15, 0.2) is 0 Å². The highest BCUT2D eigenvalue weighted by atomic mass is 35.5. The maximum Gasteiger partial charge on any atom is 0.322 e. The molecule has 0 bridgehead atoms. The number of carbonyl (C=O) groups excluding carboxylic acids is 1. The molecule has 13 heteroatoms. The minimum absolute atomic E-state index is 0.0275. The van der Waals surface area contributed by atoms with E-state index < -0.39 is 5.91 Å². The van der Waals surface area contributed by atoms with Gasteiger partial charge >= 0.3 is 17.8 Å². The number of aliphatic hydroxyl groups excluding tert-OH is 1. The van der Waals surface area contributed by atoms with Gasteiger partial charge in [-0.25, -0.2) is 0 Å². The van der Waals surface area contributed by atoms with Gasteiger partial charge < -0.3 is 19.7 Å². The Balaban J connectivity index is 1.43. The molecular formula is C20H24ClN9O3. The number of para-hydroxylation sites is 1. The van der Waals surface area contributed by atoms with Crippen molar-refractivity contribution in [1.82, 2.24) is 30.0 Å². The second kappa shape index (κ2) is 10.1. The van der Waals surface area contributed by atoms with E-state index in [4.69, 9.17) is 21.1 Å². The first-order valence-electron chi connectivity index (χ1n) is 10.4. The van der Waals surface area contributed by atoms with Crippen molar-refractivity contribution in [3.8, 4) is 0 Å². The highest BCUT2D eigenvalue weighted by molar-refractivity contribution is 6.34. The average molecular weight is 474 g/mol. The molecule has 0 unspecified atom stereocenters. The Morgan fingerprint density at radius 1 is 1.15 bits per heavy atom. The van der Waals surface area contributed by atoms with Crippen LogP contribution in [0.5, 0.6) is 0 Å². The average Bonchev–Trinajstić information content (AvgIpc) is 3.25. The van der Waals surface area contributed by atoms with Crippen LogP contribution in [0.2, 0.25) is 5.02 Å². The molecule has 1 fully saturated rings. The summed E-state index contributed by atoms with van der Waals surface area (Å²) in [6.45, 7) is 7.46. The van der Waals surface area contributed by atoms with E-state index in [-0.39, 0.29) is 24.5 Å². The molecular weight excluding hydrogens is 450 g/mol. The molecule has 0 atom stereocenters. The van der Waals surface area contributed by atoms with Crippen LogP contribution in [0.1, 0.15) is 22.1 Å². The molecule has 3 N–H and O–H groups in total. The number of amides is 1. The molecule has 1 amide bonds. The number of anilines is 4. The lowest BCUT2D eigenvalue weighted by atomic mass is 10.2. The standard InChI is InChI=1S/C20H24ClN9O3/c1-12-4-3-5-14(21)15(12)24-16(32)17-27-28-20(33-17)26-18-22-13(2)23-19(25-18)30-8-6-29(7-9-30)10-11-31/h3-5,31H,6-11H2,1-2H3,(H,24,32)(H,22,23,25,26,28). The van der Waals surface area contributed by atoms with Gasteiger partial charge in [0, 0.05) is 32.7 Å². The van der Waals surface area contributed by atoms with E-state index in [1.165, 1.54) is 0 Å². The summed E-state index contributed by atoms with van der Waals surface area (Å²) in [5.74, 6) is 0.461. The molecule has 1 aliphatic rings. The second-order valence-corrected chi connectivity index (χ2v) is 7.89. The number of hydrogen-bond donors (Lipinski definition) is 3. The third-order valence-corrected chi connectivity index (χ3v) is 5.42. The number of halogens is 1. The first-order chi connectivity index (χ1) is 15.9. The molecule has 0 spiro atoms. The van der Waals surface area contributed by atoms with Crippen molar-refractivity contribution in [3.05, 3.63) is 40.5 Å². The molecule has 0 radical (unpaired) electrons. The van der Waals surface area contributed by atoms with E-state index in [1.807, 2.05) is 17.9 Å². The lowest BCUT2D eigenvalue weighted by Gasteiger charge is -2.34. The number of aromatic nitrogens is 5. The zero-order valence-electron chi connectivity index (χ0n) is 18.2. The molecule has 0 aliphatic carbocycles. The molecule has 0 saturated carbocycles. The van der Waals surface area contributed by atoms with Gasteiger partial charge in [0.25, 0.3) is 0 Å². The lowest BCUT2D eigenvalue weighted by Crippen LogP contribution is -2.47. The Morgan fingerprint density at radius 2 is 1.94 bits per heavy atom. The van der Waals surface area contributed by atoms with E-state index in [0.29, 0.717) is 29.0 Å². The van der Waals surface area contributed by atoms with E-state index in [0.717, 1.165) is 31.7 Å². The highest BCUT2D eigenvalue weighted by Gasteiger charge is 2.21. The fourth-order valence-corrected chi connectivity index (χ4v) is 3.67. The van der Waals surface area contributed by atoms with Crippen molar-refractivity contribution in [3.63, 3.8) is 0 Å². The Morgan fingerprint density at radius 3 is 2.67 bits per heavy atom. The van der Waals surface area contributed by atoms with Gasteiger partial charge in [-0.2, -0.15) is 15.0 Å². The predicted octanol–water partition coefficient (Wildman–Crippen LogP) is 1.64. The number of aliphatic hydroxyl groups is 1. The number of carbonyl (C=O) groups is 1. The maximum absolute atomic E-state index is 12.5. The van der Waals surface area contributed by atoms with Crippen LogP contribution in [0.4, 0.5) is 23.6 Å². The Hall–Kier alpha value is -3.35. The molecule has 3 aromatic rings. The SMILES string of the molecule is Cc1nc(Nc2nnc(C(=O)Nc3c(C)cccc3Cl)o2)nc(N2CCN(CCO)CC2)n1. The van der Waals surface area contributed by atoms with E-state index >= 15 is 0 Å². The molecule has 2 aromatic heterocycles. The summed E-state index contributed by atoms with van der Waals surface area (Å²) in [5.41, 5.74) is 1.28. The van der Waals surface area contributed by atoms with Crippen molar-refractivity contribution in [1.29, 1.82) is 0 Å². The van der Waals surface area contributed by atoms with Crippen LogP contribution >= 0.6 is 11.6 Å². The van der Waals surface area contributed by atoms with Crippen LogP contribution in [-0.4, -0.2) is 80.4 Å². The number of β-amino-alcohol motifs (C(OH)–C–C–N with tert-alkyl or cyclic N) is 1. The van der Waals surface area contributed by atoms with Crippen molar-refractivity contribution >= 4 is 41.1 Å².